The summed E-state index contributed by atoms with van der Waals surface area (Å²) < 4.78 is 0. The smallest absolute Gasteiger partial charge is 0.265 e. The standard InChI is InChI=1S/C19H24N4O2S2/c1-14-17(27-18(20-14)15-4-11-26-13-15)19(25)23-9-7-21(8-10-23)12-16(24)22-5-2-3-6-22/h4,11,13H,2-3,5-10,12H2,1H3. The normalized spacial score (nSPS) is 18.3. The SMILES string of the molecule is Cc1nc(-c2ccsc2)sc1C(=O)N1CCN(CC(=O)N2CCCC2)CC1. The molecule has 2 saturated heterocycles. The summed E-state index contributed by atoms with van der Waals surface area (Å²) in [6.07, 6.45) is 2.24. The number of nitrogens with zero attached hydrogens (tertiary/aromatic N) is 4. The van der Waals surface area contributed by atoms with E-state index in [9.17, 15) is 9.59 Å². The number of aromatic nitrogens is 1. The van der Waals surface area contributed by atoms with Crippen LogP contribution in [0.3, 0.4) is 0 Å². The molecule has 0 spiro atoms. The lowest BCUT2D eigenvalue weighted by atomic mass is 10.2. The van der Waals surface area contributed by atoms with Gasteiger partial charge < -0.3 is 9.80 Å². The Hall–Kier alpha value is -1.77. The number of thiazole rings is 1. The first-order valence-electron chi connectivity index (χ1n) is 9.41. The molecule has 2 aliphatic heterocycles. The third kappa shape index (κ3) is 4.07. The fourth-order valence-corrected chi connectivity index (χ4v) is 5.36. The van der Waals surface area contributed by atoms with Crippen molar-refractivity contribution < 1.29 is 9.59 Å². The van der Waals surface area contributed by atoms with Gasteiger partial charge in [0, 0.05) is 50.2 Å². The lowest BCUT2D eigenvalue weighted by Crippen LogP contribution is -2.51. The fraction of sp³-hybridized carbons (Fsp3) is 0.526. The van der Waals surface area contributed by atoms with E-state index in [-0.39, 0.29) is 11.8 Å². The van der Waals surface area contributed by atoms with Crippen molar-refractivity contribution >= 4 is 34.5 Å². The van der Waals surface area contributed by atoms with Gasteiger partial charge in [-0.2, -0.15) is 11.3 Å². The quantitative estimate of drug-likeness (QED) is 0.786. The molecular weight excluding hydrogens is 380 g/mol. The minimum absolute atomic E-state index is 0.0667. The molecular formula is C19H24N4O2S2. The van der Waals surface area contributed by atoms with Crippen molar-refractivity contribution in [3.05, 3.63) is 27.4 Å². The molecule has 4 rings (SSSR count). The zero-order valence-electron chi connectivity index (χ0n) is 15.5. The van der Waals surface area contributed by atoms with Crippen LogP contribution in [0.25, 0.3) is 10.6 Å². The summed E-state index contributed by atoms with van der Waals surface area (Å²) in [6.45, 7) is 7.01. The Morgan fingerprint density at radius 2 is 1.81 bits per heavy atom. The molecule has 4 heterocycles. The van der Waals surface area contributed by atoms with Crippen molar-refractivity contribution in [3.63, 3.8) is 0 Å². The summed E-state index contributed by atoms with van der Waals surface area (Å²) in [5.74, 6) is 0.294. The molecule has 6 nitrogen and oxygen atoms in total. The lowest BCUT2D eigenvalue weighted by Gasteiger charge is -2.34. The molecule has 2 fully saturated rings. The highest BCUT2D eigenvalue weighted by atomic mass is 32.1. The van der Waals surface area contributed by atoms with E-state index in [2.05, 4.69) is 15.3 Å². The van der Waals surface area contributed by atoms with Gasteiger partial charge >= 0.3 is 0 Å². The minimum atomic E-state index is 0.0667. The van der Waals surface area contributed by atoms with E-state index < -0.39 is 0 Å². The lowest BCUT2D eigenvalue weighted by molar-refractivity contribution is -0.131. The number of carbonyl (C=O) groups excluding carboxylic acids is 2. The van der Waals surface area contributed by atoms with Crippen molar-refractivity contribution in [2.75, 3.05) is 45.8 Å². The Bertz CT molecular complexity index is 804. The summed E-state index contributed by atoms with van der Waals surface area (Å²) >= 11 is 3.11. The molecule has 2 aromatic heterocycles. The van der Waals surface area contributed by atoms with Gasteiger partial charge in [0.1, 0.15) is 9.88 Å². The molecule has 8 heteroatoms. The number of hydrogen-bond acceptors (Lipinski definition) is 6. The molecule has 144 valence electrons. The summed E-state index contributed by atoms with van der Waals surface area (Å²) in [5.41, 5.74) is 1.88. The first kappa shape index (κ1) is 18.6. The van der Waals surface area contributed by atoms with Crippen LogP contribution in [0, 0.1) is 6.92 Å². The van der Waals surface area contributed by atoms with Crippen LogP contribution >= 0.6 is 22.7 Å². The van der Waals surface area contributed by atoms with E-state index in [4.69, 9.17) is 0 Å². The van der Waals surface area contributed by atoms with Crippen molar-refractivity contribution in [2.45, 2.75) is 19.8 Å². The predicted molar refractivity (Wildman–Crippen MR) is 108 cm³/mol. The average molecular weight is 405 g/mol. The summed E-state index contributed by atoms with van der Waals surface area (Å²) in [5, 5.41) is 4.99. The second-order valence-corrected chi connectivity index (χ2v) is 8.88. The zero-order valence-corrected chi connectivity index (χ0v) is 17.2. The molecule has 27 heavy (non-hydrogen) atoms. The Balaban J connectivity index is 1.34. The zero-order chi connectivity index (χ0) is 18.8. The fourth-order valence-electron chi connectivity index (χ4n) is 3.61. The van der Waals surface area contributed by atoms with Crippen LogP contribution in [-0.4, -0.2) is 77.3 Å². The van der Waals surface area contributed by atoms with E-state index in [1.54, 1.807) is 11.3 Å². The third-order valence-electron chi connectivity index (χ3n) is 5.24. The molecule has 2 aliphatic rings. The Morgan fingerprint density at radius 3 is 2.48 bits per heavy atom. The van der Waals surface area contributed by atoms with Gasteiger partial charge in [0.15, 0.2) is 0 Å². The Labute approximate surface area is 167 Å². The number of rotatable bonds is 4. The molecule has 0 aliphatic carbocycles. The van der Waals surface area contributed by atoms with Crippen LogP contribution in [0.1, 0.15) is 28.2 Å². The van der Waals surface area contributed by atoms with Crippen LogP contribution < -0.4 is 0 Å². The maximum Gasteiger partial charge on any atom is 0.265 e. The molecule has 2 amide bonds. The van der Waals surface area contributed by atoms with Gasteiger partial charge in [0.05, 0.1) is 12.2 Å². The van der Waals surface area contributed by atoms with Gasteiger partial charge in [-0.1, -0.05) is 0 Å². The van der Waals surface area contributed by atoms with Crippen LogP contribution in [0.2, 0.25) is 0 Å². The summed E-state index contributed by atoms with van der Waals surface area (Å²) in [7, 11) is 0. The topological polar surface area (TPSA) is 56.8 Å². The molecule has 0 bridgehead atoms. The van der Waals surface area contributed by atoms with E-state index in [1.807, 2.05) is 28.2 Å². The van der Waals surface area contributed by atoms with Crippen molar-refractivity contribution in [2.24, 2.45) is 0 Å². The number of thiophene rings is 1. The Morgan fingerprint density at radius 1 is 1.07 bits per heavy atom. The minimum Gasteiger partial charge on any atom is -0.342 e. The van der Waals surface area contributed by atoms with Crippen molar-refractivity contribution in [1.82, 2.24) is 19.7 Å². The van der Waals surface area contributed by atoms with Crippen molar-refractivity contribution in [3.8, 4) is 10.6 Å². The Kier molecular flexibility index (Phi) is 5.56. The number of piperazine rings is 1. The van der Waals surface area contributed by atoms with Crippen LogP contribution in [0.4, 0.5) is 0 Å². The molecule has 0 radical (unpaired) electrons. The van der Waals surface area contributed by atoms with Crippen LogP contribution in [0.5, 0.6) is 0 Å². The van der Waals surface area contributed by atoms with Gasteiger partial charge in [-0.05, 0) is 31.2 Å². The van der Waals surface area contributed by atoms with Crippen LogP contribution in [-0.2, 0) is 4.79 Å². The molecule has 0 N–H and O–H groups in total. The largest absolute Gasteiger partial charge is 0.342 e. The average Bonchev–Trinajstić information content (AvgIpc) is 3.43. The van der Waals surface area contributed by atoms with E-state index in [0.29, 0.717) is 19.6 Å². The number of amides is 2. The summed E-state index contributed by atoms with van der Waals surface area (Å²) in [4.78, 5) is 36.6. The van der Waals surface area contributed by atoms with Crippen molar-refractivity contribution in [1.29, 1.82) is 0 Å². The van der Waals surface area contributed by atoms with Gasteiger partial charge in [0.2, 0.25) is 5.91 Å². The first-order chi connectivity index (χ1) is 13.1. The number of carbonyl (C=O) groups is 2. The number of likely N-dealkylation sites (tertiary alicyclic amines) is 1. The highest BCUT2D eigenvalue weighted by molar-refractivity contribution is 7.17. The second kappa shape index (κ2) is 8.08. The van der Waals surface area contributed by atoms with Crippen LogP contribution in [0.15, 0.2) is 16.8 Å². The predicted octanol–water partition coefficient (Wildman–Crippen LogP) is 2.56. The molecule has 0 saturated carbocycles. The second-order valence-electron chi connectivity index (χ2n) is 7.10. The maximum atomic E-state index is 12.9. The first-order valence-corrected chi connectivity index (χ1v) is 11.2. The molecule has 2 aromatic rings. The highest BCUT2D eigenvalue weighted by Gasteiger charge is 2.27. The molecule has 0 atom stereocenters. The number of aryl methyl sites for hydroxylation is 1. The monoisotopic (exact) mass is 404 g/mol. The third-order valence-corrected chi connectivity index (χ3v) is 7.11. The maximum absolute atomic E-state index is 12.9. The molecule has 0 unspecified atom stereocenters. The van der Waals surface area contributed by atoms with E-state index >= 15 is 0 Å². The number of hydrogen-bond donors (Lipinski definition) is 0. The van der Waals surface area contributed by atoms with Gasteiger partial charge in [0.25, 0.3) is 5.91 Å². The molecule has 0 aromatic carbocycles. The highest BCUT2D eigenvalue weighted by Crippen LogP contribution is 2.30. The summed E-state index contributed by atoms with van der Waals surface area (Å²) in [6, 6.07) is 2.04. The van der Waals surface area contributed by atoms with Gasteiger partial charge in [-0.15, -0.1) is 11.3 Å². The van der Waals surface area contributed by atoms with E-state index in [1.165, 1.54) is 11.3 Å². The van der Waals surface area contributed by atoms with Gasteiger partial charge in [-0.3, -0.25) is 14.5 Å². The van der Waals surface area contributed by atoms with E-state index in [0.717, 1.165) is 60.2 Å². The van der Waals surface area contributed by atoms with Gasteiger partial charge in [-0.25, -0.2) is 4.98 Å².